The summed E-state index contributed by atoms with van der Waals surface area (Å²) in [4.78, 5) is 2.60. The van der Waals surface area contributed by atoms with Crippen LogP contribution in [0.3, 0.4) is 0 Å². The van der Waals surface area contributed by atoms with Gasteiger partial charge in [0.15, 0.2) is 0 Å². The van der Waals surface area contributed by atoms with E-state index in [4.69, 9.17) is 0 Å². The van der Waals surface area contributed by atoms with Gasteiger partial charge in [-0.1, -0.05) is 6.92 Å². The van der Waals surface area contributed by atoms with E-state index in [0.717, 1.165) is 19.0 Å². The van der Waals surface area contributed by atoms with Crippen molar-refractivity contribution in [3.63, 3.8) is 0 Å². The lowest BCUT2D eigenvalue weighted by Gasteiger charge is -2.35. The number of rotatable bonds is 7. The van der Waals surface area contributed by atoms with Gasteiger partial charge in [0, 0.05) is 25.0 Å². The normalized spacial score (nSPS) is 19.7. The van der Waals surface area contributed by atoms with Gasteiger partial charge in [0.05, 0.1) is 6.54 Å². The lowest BCUT2D eigenvalue weighted by Crippen LogP contribution is -2.42. The summed E-state index contributed by atoms with van der Waals surface area (Å²) in [7, 11) is 0. The molecule has 19 heavy (non-hydrogen) atoms. The SMILES string of the molecule is CCCN1CCC(C(C)NCCn2cccn2)CC1. The molecule has 108 valence electrons. The Kier molecular flexibility index (Phi) is 5.86. The molecule has 1 aromatic rings. The highest BCUT2D eigenvalue weighted by molar-refractivity contribution is 4.80. The summed E-state index contributed by atoms with van der Waals surface area (Å²) in [6, 6.07) is 2.60. The summed E-state index contributed by atoms with van der Waals surface area (Å²) >= 11 is 0. The van der Waals surface area contributed by atoms with Gasteiger partial charge in [0.1, 0.15) is 0 Å². The second-order valence-corrected chi connectivity index (χ2v) is 5.69. The summed E-state index contributed by atoms with van der Waals surface area (Å²) in [6.45, 7) is 10.4. The van der Waals surface area contributed by atoms with Crippen LogP contribution in [0.4, 0.5) is 0 Å². The van der Waals surface area contributed by atoms with Crippen molar-refractivity contribution in [3.05, 3.63) is 18.5 Å². The molecule has 0 radical (unpaired) electrons. The molecule has 1 aliphatic rings. The summed E-state index contributed by atoms with van der Waals surface area (Å²) in [5.41, 5.74) is 0. The van der Waals surface area contributed by atoms with Gasteiger partial charge >= 0.3 is 0 Å². The van der Waals surface area contributed by atoms with Gasteiger partial charge in [-0.15, -0.1) is 0 Å². The monoisotopic (exact) mass is 264 g/mol. The quantitative estimate of drug-likeness (QED) is 0.817. The third-order valence-corrected chi connectivity index (χ3v) is 4.25. The van der Waals surface area contributed by atoms with Gasteiger partial charge < -0.3 is 10.2 Å². The molecule has 1 aliphatic heterocycles. The first-order valence-corrected chi connectivity index (χ1v) is 7.72. The van der Waals surface area contributed by atoms with E-state index >= 15 is 0 Å². The van der Waals surface area contributed by atoms with Crippen molar-refractivity contribution >= 4 is 0 Å². The largest absolute Gasteiger partial charge is 0.312 e. The molecule has 4 nitrogen and oxygen atoms in total. The molecule has 0 spiro atoms. The lowest BCUT2D eigenvalue weighted by molar-refractivity contribution is 0.162. The van der Waals surface area contributed by atoms with Crippen LogP contribution in [-0.4, -0.2) is 46.9 Å². The molecule has 1 unspecified atom stereocenters. The molecule has 1 N–H and O–H groups in total. The van der Waals surface area contributed by atoms with Gasteiger partial charge in [-0.3, -0.25) is 4.68 Å². The van der Waals surface area contributed by atoms with Crippen molar-refractivity contribution in [3.8, 4) is 0 Å². The molecule has 4 heteroatoms. The number of nitrogens with one attached hydrogen (secondary N) is 1. The number of hydrogen-bond acceptors (Lipinski definition) is 3. The van der Waals surface area contributed by atoms with Crippen molar-refractivity contribution in [2.75, 3.05) is 26.2 Å². The first-order valence-electron chi connectivity index (χ1n) is 7.72. The minimum atomic E-state index is 0.624. The van der Waals surface area contributed by atoms with Crippen LogP contribution < -0.4 is 5.32 Å². The van der Waals surface area contributed by atoms with Crippen molar-refractivity contribution < 1.29 is 0 Å². The number of likely N-dealkylation sites (tertiary alicyclic amines) is 1. The van der Waals surface area contributed by atoms with Crippen LogP contribution in [-0.2, 0) is 6.54 Å². The molecule has 0 bridgehead atoms. The predicted molar refractivity (Wildman–Crippen MR) is 79.1 cm³/mol. The molecular formula is C15H28N4. The van der Waals surface area contributed by atoms with Crippen LogP contribution in [0, 0.1) is 5.92 Å². The van der Waals surface area contributed by atoms with Crippen molar-refractivity contribution in [2.24, 2.45) is 5.92 Å². The number of hydrogen-bond donors (Lipinski definition) is 1. The maximum atomic E-state index is 4.23. The van der Waals surface area contributed by atoms with E-state index in [0.29, 0.717) is 6.04 Å². The minimum Gasteiger partial charge on any atom is -0.312 e. The summed E-state index contributed by atoms with van der Waals surface area (Å²) in [6.07, 6.45) is 7.83. The predicted octanol–water partition coefficient (Wildman–Crippen LogP) is 1.98. The topological polar surface area (TPSA) is 33.1 Å². The first kappa shape index (κ1) is 14.5. The third-order valence-electron chi connectivity index (χ3n) is 4.25. The lowest BCUT2D eigenvalue weighted by atomic mass is 9.90. The summed E-state index contributed by atoms with van der Waals surface area (Å²) in [5.74, 6) is 0.839. The van der Waals surface area contributed by atoms with Crippen LogP contribution >= 0.6 is 0 Å². The fourth-order valence-electron chi connectivity index (χ4n) is 3.00. The molecule has 1 saturated heterocycles. The Morgan fingerprint density at radius 1 is 1.32 bits per heavy atom. The number of nitrogens with zero attached hydrogens (tertiary/aromatic N) is 3. The highest BCUT2D eigenvalue weighted by Crippen LogP contribution is 2.20. The van der Waals surface area contributed by atoms with Crippen LogP contribution in [0.25, 0.3) is 0 Å². The second-order valence-electron chi connectivity index (χ2n) is 5.69. The smallest absolute Gasteiger partial charge is 0.0534 e. The molecule has 1 fully saturated rings. The Hall–Kier alpha value is -0.870. The van der Waals surface area contributed by atoms with Crippen LogP contribution in [0.5, 0.6) is 0 Å². The van der Waals surface area contributed by atoms with E-state index in [-0.39, 0.29) is 0 Å². The number of piperidine rings is 1. The standard InChI is InChI=1S/C15H28N4/c1-3-9-18-11-5-15(6-12-18)14(2)16-8-13-19-10-4-7-17-19/h4,7,10,14-16H,3,5-6,8-9,11-13H2,1-2H3. The van der Waals surface area contributed by atoms with Crippen molar-refractivity contribution in [2.45, 2.75) is 45.7 Å². The third kappa shape index (κ3) is 4.62. The van der Waals surface area contributed by atoms with Gasteiger partial charge in [-0.25, -0.2) is 0 Å². The van der Waals surface area contributed by atoms with Crippen LogP contribution in [0.15, 0.2) is 18.5 Å². The van der Waals surface area contributed by atoms with Gasteiger partial charge in [-0.05, 0) is 57.8 Å². The molecule has 1 aromatic heterocycles. The summed E-state index contributed by atoms with van der Waals surface area (Å²) in [5, 5.41) is 7.88. The zero-order chi connectivity index (χ0) is 13.5. The Morgan fingerprint density at radius 2 is 2.11 bits per heavy atom. The van der Waals surface area contributed by atoms with Crippen LogP contribution in [0.2, 0.25) is 0 Å². The van der Waals surface area contributed by atoms with E-state index in [2.05, 4.69) is 29.2 Å². The van der Waals surface area contributed by atoms with E-state index in [1.807, 2.05) is 23.1 Å². The summed E-state index contributed by atoms with van der Waals surface area (Å²) < 4.78 is 1.99. The zero-order valence-electron chi connectivity index (χ0n) is 12.4. The molecular weight excluding hydrogens is 236 g/mol. The van der Waals surface area contributed by atoms with Crippen molar-refractivity contribution in [1.29, 1.82) is 0 Å². The Balaban J connectivity index is 1.62. The minimum absolute atomic E-state index is 0.624. The maximum absolute atomic E-state index is 4.23. The Bertz CT molecular complexity index is 328. The fourth-order valence-corrected chi connectivity index (χ4v) is 3.00. The highest BCUT2D eigenvalue weighted by Gasteiger charge is 2.22. The van der Waals surface area contributed by atoms with E-state index in [1.165, 1.54) is 38.9 Å². The van der Waals surface area contributed by atoms with E-state index in [9.17, 15) is 0 Å². The molecule has 0 aliphatic carbocycles. The zero-order valence-corrected chi connectivity index (χ0v) is 12.4. The first-order chi connectivity index (χ1) is 9.29. The molecule has 2 heterocycles. The maximum Gasteiger partial charge on any atom is 0.0534 e. The van der Waals surface area contributed by atoms with E-state index in [1.54, 1.807) is 0 Å². The van der Waals surface area contributed by atoms with Gasteiger partial charge in [-0.2, -0.15) is 5.10 Å². The molecule has 0 aromatic carbocycles. The average Bonchev–Trinajstić information content (AvgIpc) is 2.93. The van der Waals surface area contributed by atoms with Crippen molar-refractivity contribution in [1.82, 2.24) is 20.0 Å². The molecule has 0 amide bonds. The molecule has 0 saturated carbocycles. The van der Waals surface area contributed by atoms with Gasteiger partial charge in [0.25, 0.3) is 0 Å². The molecule has 1 atom stereocenters. The molecule has 2 rings (SSSR count). The fraction of sp³-hybridized carbons (Fsp3) is 0.800. The average molecular weight is 264 g/mol. The Morgan fingerprint density at radius 3 is 2.74 bits per heavy atom. The van der Waals surface area contributed by atoms with Crippen LogP contribution in [0.1, 0.15) is 33.1 Å². The number of aromatic nitrogens is 2. The highest BCUT2D eigenvalue weighted by atomic mass is 15.3. The van der Waals surface area contributed by atoms with Gasteiger partial charge in [0.2, 0.25) is 0 Å². The van der Waals surface area contributed by atoms with E-state index < -0.39 is 0 Å². The second kappa shape index (κ2) is 7.65. The Labute approximate surface area is 117 Å².